The van der Waals surface area contributed by atoms with Crippen molar-refractivity contribution < 1.29 is 19.2 Å². The average molecular weight is 357 g/mol. The standard InChI is InChI=1S/C18H19N3O5/c1-2-3-11-26-16-6-4-5-14(12-16)18(23)20-19-17(22)13-7-9-15(10-8-13)21(24)25/h4-10,12H,2-3,11H2,1H3,(H,19,22)(H,20,23). The van der Waals surface area contributed by atoms with Gasteiger partial charge in [0.15, 0.2) is 0 Å². The molecular weight excluding hydrogens is 338 g/mol. The van der Waals surface area contributed by atoms with Gasteiger partial charge in [-0.3, -0.25) is 30.6 Å². The normalized spacial score (nSPS) is 10.0. The number of hydrogen-bond acceptors (Lipinski definition) is 5. The minimum Gasteiger partial charge on any atom is -0.494 e. The second-order valence-corrected chi connectivity index (χ2v) is 5.44. The molecule has 0 spiro atoms. The van der Waals surface area contributed by atoms with Gasteiger partial charge in [-0.15, -0.1) is 0 Å². The van der Waals surface area contributed by atoms with Crippen LogP contribution in [0.5, 0.6) is 5.75 Å². The third-order valence-corrected chi connectivity index (χ3v) is 3.49. The lowest BCUT2D eigenvalue weighted by Crippen LogP contribution is -2.41. The second kappa shape index (κ2) is 9.16. The van der Waals surface area contributed by atoms with E-state index < -0.39 is 16.7 Å². The average Bonchev–Trinajstić information content (AvgIpc) is 2.66. The fraction of sp³-hybridized carbons (Fsp3) is 0.222. The van der Waals surface area contributed by atoms with Crippen LogP contribution in [0, 0.1) is 10.1 Å². The van der Waals surface area contributed by atoms with Crippen molar-refractivity contribution in [2.45, 2.75) is 19.8 Å². The van der Waals surface area contributed by atoms with Gasteiger partial charge >= 0.3 is 0 Å². The maximum atomic E-state index is 12.1. The van der Waals surface area contributed by atoms with Crippen LogP contribution in [0.4, 0.5) is 5.69 Å². The first kappa shape index (κ1) is 18.9. The summed E-state index contributed by atoms with van der Waals surface area (Å²) in [5, 5.41) is 10.6. The van der Waals surface area contributed by atoms with Crippen LogP contribution in [0.1, 0.15) is 40.5 Å². The van der Waals surface area contributed by atoms with E-state index in [0.717, 1.165) is 12.8 Å². The first-order valence-electron chi connectivity index (χ1n) is 8.09. The van der Waals surface area contributed by atoms with E-state index in [1.54, 1.807) is 24.3 Å². The SMILES string of the molecule is CCCCOc1cccc(C(=O)NNC(=O)c2ccc([N+](=O)[O-])cc2)c1. The molecule has 2 rings (SSSR count). The molecular formula is C18H19N3O5. The van der Waals surface area contributed by atoms with Gasteiger partial charge in [-0.1, -0.05) is 19.4 Å². The van der Waals surface area contributed by atoms with E-state index in [4.69, 9.17) is 4.74 Å². The van der Waals surface area contributed by atoms with Crippen molar-refractivity contribution in [3.05, 3.63) is 69.8 Å². The zero-order valence-corrected chi connectivity index (χ0v) is 14.2. The molecule has 0 atom stereocenters. The highest BCUT2D eigenvalue weighted by Gasteiger charge is 2.11. The van der Waals surface area contributed by atoms with Gasteiger partial charge in [-0.25, -0.2) is 0 Å². The minimum atomic E-state index is -0.580. The Balaban J connectivity index is 1.92. The number of carbonyl (C=O) groups is 2. The van der Waals surface area contributed by atoms with Gasteiger partial charge in [-0.2, -0.15) is 0 Å². The number of hydrogen-bond donors (Lipinski definition) is 2. The summed E-state index contributed by atoms with van der Waals surface area (Å²) in [5.41, 5.74) is 4.97. The van der Waals surface area contributed by atoms with Crippen LogP contribution >= 0.6 is 0 Å². The molecule has 136 valence electrons. The summed E-state index contributed by atoms with van der Waals surface area (Å²) >= 11 is 0. The topological polar surface area (TPSA) is 111 Å². The Morgan fingerprint density at radius 1 is 1.04 bits per heavy atom. The number of nitro benzene ring substituents is 1. The van der Waals surface area contributed by atoms with Gasteiger partial charge in [-0.05, 0) is 36.8 Å². The summed E-state index contributed by atoms with van der Waals surface area (Å²) in [6.07, 6.45) is 1.93. The van der Waals surface area contributed by atoms with E-state index in [9.17, 15) is 19.7 Å². The second-order valence-electron chi connectivity index (χ2n) is 5.44. The Hall–Kier alpha value is -3.42. The molecule has 2 amide bonds. The Labute approximate surface area is 150 Å². The monoisotopic (exact) mass is 357 g/mol. The molecule has 2 N–H and O–H groups in total. The molecule has 0 fully saturated rings. The van der Waals surface area contributed by atoms with Crippen LogP contribution in [0.15, 0.2) is 48.5 Å². The van der Waals surface area contributed by atoms with Gasteiger partial charge in [0.05, 0.1) is 11.5 Å². The Kier molecular flexibility index (Phi) is 6.67. The van der Waals surface area contributed by atoms with Gasteiger partial charge in [0, 0.05) is 23.3 Å². The zero-order valence-electron chi connectivity index (χ0n) is 14.2. The molecule has 2 aromatic carbocycles. The number of non-ortho nitro benzene ring substituents is 1. The van der Waals surface area contributed by atoms with Crippen molar-refractivity contribution >= 4 is 17.5 Å². The van der Waals surface area contributed by atoms with E-state index in [1.165, 1.54) is 24.3 Å². The lowest BCUT2D eigenvalue weighted by Gasteiger charge is -2.09. The summed E-state index contributed by atoms with van der Waals surface area (Å²) in [6.45, 7) is 2.62. The highest BCUT2D eigenvalue weighted by Crippen LogP contribution is 2.14. The highest BCUT2D eigenvalue weighted by atomic mass is 16.6. The van der Waals surface area contributed by atoms with Crippen molar-refractivity contribution in [2.75, 3.05) is 6.61 Å². The molecule has 0 saturated heterocycles. The Bertz CT molecular complexity index is 790. The minimum absolute atomic E-state index is 0.120. The van der Waals surface area contributed by atoms with Gasteiger partial charge in [0.1, 0.15) is 5.75 Å². The molecule has 0 bridgehead atoms. The Morgan fingerprint density at radius 2 is 1.69 bits per heavy atom. The van der Waals surface area contributed by atoms with Crippen LogP contribution < -0.4 is 15.6 Å². The van der Waals surface area contributed by atoms with E-state index in [0.29, 0.717) is 17.9 Å². The highest BCUT2D eigenvalue weighted by molar-refractivity contribution is 5.99. The molecule has 0 saturated carbocycles. The number of benzene rings is 2. The fourth-order valence-electron chi connectivity index (χ4n) is 2.05. The number of hydrazine groups is 1. The Morgan fingerprint density at radius 3 is 2.31 bits per heavy atom. The largest absolute Gasteiger partial charge is 0.494 e. The van der Waals surface area contributed by atoms with Crippen LogP contribution in [0.25, 0.3) is 0 Å². The molecule has 0 aliphatic heterocycles. The molecule has 26 heavy (non-hydrogen) atoms. The molecule has 0 heterocycles. The molecule has 0 aromatic heterocycles. The van der Waals surface area contributed by atoms with Gasteiger partial charge < -0.3 is 4.74 Å². The number of unbranched alkanes of at least 4 members (excludes halogenated alkanes) is 1. The molecule has 8 nitrogen and oxygen atoms in total. The zero-order chi connectivity index (χ0) is 18.9. The van der Waals surface area contributed by atoms with Crippen LogP contribution in [-0.4, -0.2) is 23.3 Å². The number of nitro groups is 1. The number of rotatable bonds is 7. The van der Waals surface area contributed by atoms with Gasteiger partial charge in [0.2, 0.25) is 0 Å². The smallest absolute Gasteiger partial charge is 0.269 e. The van der Waals surface area contributed by atoms with Crippen molar-refractivity contribution in [2.24, 2.45) is 0 Å². The maximum absolute atomic E-state index is 12.1. The number of nitrogens with zero attached hydrogens (tertiary/aromatic N) is 1. The molecule has 2 aromatic rings. The predicted molar refractivity (Wildman–Crippen MR) is 94.9 cm³/mol. The van der Waals surface area contributed by atoms with Crippen molar-refractivity contribution in [1.82, 2.24) is 10.9 Å². The van der Waals surface area contributed by atoms with Crippen molar-refractivity contribution in [3.8, 4) is 5.75 Å². The predicted octanol–water partition coefficient (Wildman–Crippen LogP) is 2.85. The van der Waals surface area contributed by atoms with E-state index in [2.05, 4.69) is 17.8 Å². The van der Waals surface area contributed by atoms with Crippen LogP contribution in [-0.2, 0) is 0 Å². The number of ether oxygens (including phenoxy) is 1. The lowest BCUT2D eigenvalue weighted by atomic mass is 10.2. The lowest BCUT2D eigenvalue weighted by molar-refractivity contribution is -0.384. The van der Waals surface area contributed by atoms with E-state index in [-0.39, 0.29) is 11.3 Å². The van der Waals surface area contributed by atoms with Crippen LogP contribution in [0.3, 0.4) is 0 Å². The quantitative estimate of drug-likeness (QED) is 0.450. The first-order valence-corrected chi connectivity index (χ1v) is 8.09. The maximum Gasteiger partial charge on any atom is 0.269 e. The molecule has 0 aliphatic carbocycles. The molecule has 0 unspecified atom stereocenters. The third-order valence-electron chi connectivity index (χ3n) is 3.49. The molecule has 0 aliphatic rings. The fourth-order valence-corrected chi connectivity index (χ4v) is 2.05. The van der Waals surface area contributed by atoms with E-state index >= 15 is 0 Å². The summed E-state index contributed by atoms with van der Waals surface area (Å²) in [6, 6.07) is 11.7. The van der Waals surface area contributed by atoms with Gasteiger partial charge in [0.25, 0.3) is 17.5 Å². The van der Waals surface area contributed by atoms with Crippen molar-refractivity contribution in [3.63, 3.8) is 0 Å². The third kappa shape index (κ3) is 5.30. The summed E-state index contributed by atoms with van der Waals surface area (Å²) in [5.74, 6) is -0.502. The molecule has 8 heteroatoms. The van der Waals surface area contributed by atoms with Crippen LogP contribution in [0.2, 0.25) is 0 Å². The van der Waals surface area contributed by atoms with E-state index in [1.807, 2.05) is 0 Å². The first-order chi connectivity index (χ1) is 12.5. The summed E-state index contributed by atoms with van der Waals surface area (Å²) in [4.78, 5) is 34.2. The molecule has 0 radical (unpaired) electrons. The number of carbonyl (C=O) groups excluding carboxylic acids is 2. The summed E-state index contributed by atoms with van der Waals surface area (Å²) < 4.78 is 5.54. The summed E-state index contributed by atoms with van der Waals surface area (Å²) in [7, 11) is 0. The number of nitrogens with one attached hydrogen (secondary N) is 2. The number of amides is 2. The van der Waals surface area contributed by atoms with Crippen molar-refractivity contribution in [1.29, 1.82) is 0 Å².